The number of aromatic nitrogens is 3. The zero-order chi connectivity index (χ0) is 29.7. The normalized spacial score (nSPS) is 11.6. The van der Waals surface area contributed by atoms with Crippen LogP contribution in [0.4, 0.5) is 0 Å². The molecule has 9 aromatic rings. The Morgan fingerprint density at radius 1 is 0.333 bits per heavy atom. The molecule has 0 N–H and O–H groups in total. The second-order valence-corrected chi connectivity index (χ2v) is 11.2. The lowest BCUT2D eigenvalue weighted by Gasteiger charge is -2.11. The molecule has 0 amide bonds. The van der Waals surface area contributed by atoms with E-state index in [9.17, 15) is 0 Å². The lowest BCUT2D eigenvalue weighted by Crippen LogP contribution is -2.00. The number of hydrogen-bond donors (Lipinski definition) is 0. The summed E-state index contributed by atoms with van der Waals surface area (Å²) in [7, 11) is 0. The van der Waals surface area contributed by atoms with Crippen LogP contribution >= 0.6 is 0 Å². The highest BCUT2D eigenvalue weighted by Crippen LogP contribution is 2.42. The van der Waals surface area contributed by atoms with Crippen molar-refractivity contribution in [3.8, 4) is 45.3 Å². The molecule has 9 rings (SSSR count). The maximum absolute atomic E-state index is 6.72. The van der Waals surface area contributed by atoms with Crippen LogP contribution in [0, 0.1) is 0 Å². The van der Waals surface area contributed by atoms with Crippen molar-refractivity contribution >= 4 is 43.5 Å². The summed E-state index contributed by atoms with van der Waals surface area (Å²) in [6, 6.07) is 52.1. The van der Waals surface area contributed by atoms with Gasteiger partial charge in [0.2, 0.25) is 0 Å². The summed E-state index contributed by atoms with van der Waals surface area (Å²) >= 11 is 0. The fraction of sp³-hybridized carbons (Fsp3) is 0. The van der Waals surface area contributed by atoms with Crippen LogP contribution in [0.1, 0.15) is 0 Å². The number of rotatable bonds is 4. The van der Waals surface area contributed by atoms with Gasteiger partial charge in [-0.15, -0.1) is 0 Å². The molecular formula is C41H25N3O. The van der Waals surface area contributed by atoms with Crippen molar-refractivity contribution in [2.45, 2.75) is 0 Å². The van der Waals surface area contributed by atoms with Crippen LogP contribution in [-0.4, -0.2) is 15.0 Å². The molecule has 0 saturated carbocycles. The third-order valence-corrected chi connectivity index (χ3v) is 8.51. The van der Waals surface area contributed by atoms with Gasteiger partial charge < -0.3 is 4.42 Å². The van der Waals surface area contributed by atoms with Crippen molar-refractivity contribution in [3.63, 3.8) is 0 Å². The van der Waals surface area contributed by atoms with Gasteiger partial charge in [0.15, 0.2) is 17.5 Å². The zero-order valence-corrected chi connectivity index (χ0v) is 24.2. The average molecular weight is 576 g/mol. The van der Waals surface area contributed by atoms with Crippen molar-refractivity contribution < 1.29 is 4.42 Å². The van der Waals surface area contributed by atoms with Gasteiger partial charge in [-0.3, -0.25) is 0 Å². The Labute approximate surface area is 259 Å². The van der Waals surface area contributed by atoms with Crippen LogP contribution in [0.25, 0.3) is 88.8 Å². The van der Waals surface area contributed by atoms with E-state index in [0.29, 0.717) is 17.5 Å². The van der Waals surface area contributed by atoms with Crippen LogP contribution in [0.2, 0.25) is 0 Å². The highest BCUT2D eigenvalue weighted by atomic mass is 16.3. The molecule has 210 valence electrons. The SMILES string of the molecule is c1ccc(-c2nc(-c3ccc4ccccc4c3)nc(-c3cc4c5cccc(-c6ccccc6)c5oc4c4ccccc34)n2)cc1. The molecule has 7 aromatic carbocycles. The highest BCUT2D eigenvalue weighted by Gasteiger charge is 2.20. The van der Waals surface area contributed by atoms with Gasteiger partial charge in [0.1, 0.15) is 11.2 Å². The predicted molar refractivity (Wildman–Crippen MR) is 184 cm³/mol. The van der Waals surface area contributed by atoms with E-state index in [1.165, 1.54) is 5.39 Å². The van der Waals surface area contributed by atoms with Gasteiger partial charge in [-0.2, -0.15) is 0 Å². The molecule has 4 heteroatoms. The minimum atomic E-state index is 0.624. The summed E-state index contributed by atoms with van der Waals surface area (Å²) in [5.74, 6) is 1.90. The number of nitrogens with zero attached hydrogens (tertiary/aromatic N) is 3. The molecule has 0 saturated heterocycles. The first-order valence-electron chi connectivity index (χ1n) is 15.0. The lowest BCUT2D eigenvalue weighted by molar-refractivity contribution is 0.674. The van der Waals surface area contributed by atoms with Crippen molar-refractivity contribution in [3.05, 3.63) is 152 Å². The van der Waals surface area contributed by atoms with Crippen LogP contribution in [0.3, 0.4) is 0 Å². The van der Waals surface area contributed by atoms with Crippen LogP contribution in [0.5, 0.6) is 0 Å². The van der Waals surface area contributed by atoms with Gasteiger partial charge in [-0.25, -0.2) is 15.0 Å². The van der Waals surface area contributed by atoms with E-state index in [-0.39, 0.29) is 0 Å². The fourth-order valence-corrected chi connectivity index (χ4v) is 6.32. The molecule has 2 heterocycles. The molecule has 0 spiro atoms. The van der Waals surface area contributed by atoms with Crippen molar-refractivity contribution in [1.82, 2.24) is 15.0 Å². The molecule has 0 radical (unpaired) electrons. The number of furan rings is 1. The second-order valence-electron chi connectivity index (χ2n) is 11.2. The molecule has 0 atom stereocenters. The fourth-order valence-electron chi connectivity index (χ4n) is 6.32. The monoisotopic (exact) mass is 575 g/mol. The Hall–Kier alpha value is -6.13. The van der Waals surface area contributed by atoms with Gasteiger partial charge in [0.25, 0.3) is 0 Å². The summed E-state index contributed by atoms with van der Waals surface area (Å²) < 4.78 is 6.72. The van der Waals surface area contributed by atoms with Crippen molar-refractivity contribution in [2.24, 2.45) is 0 Å². The summed E-state index contributed by atoms with van der Waals surface area (Å²) in [5, 5.41) is 6.46. The quantitative estimate of drug-likeness (QED) is 0.209. The molecule has 4 nitrogen and oxygen atoms in total. The summed E-state index contributed by atoms with van der Waals surface area (Å²) in [5.41, 5.74) is 6.75. The summed E-state index contributed by atoms with van der Waals surface area (Å²) in [6.07, 6.45) is 0. The van der Waals surface area contributed by atoms with E-state index in [1.807, 2.05) is 36.4 Å². The Kier molecular flexibility index (Phi) is 5.78. The van der Waals surface area contributed by atoms with Gasteiger partial charge in [-0.1, -0.05) is 140 Å². The van der Waals surface area contributed by atoms with E-state index in [0.717, 1.165) is 65.9 Å². The van der Waals surface area contributed by atoms with Gasteiger partial charge in [0.05, 0.1) is 0 Å². The van der Waals surface area contributed by atoms with E-state index in [1.54, 1.807) is 0 Å². The van der Waals surface area contributed by atoms with Crippen LogP contribution in [0.15, 0.2) is 156 Å². The molecule has 0 fully saturated rings. The Morgan fingerprint density at radius 2 is 0.933 bits per heavy atom. The first kappa shape index (κ1) is 25.4. The first-order chi connectivity index (χ1) is 22.3. The molecule has 0 unspecified atom stereocenters. The van der Waals surface area contributed by atoms with Crippen LogP contribution in [-0.2, 0) is 0 Å². The molecule has 0 aliphatic heterocycles. The molecule has 0 aliphatic carbocycles. The van der Waals surface area contributed by atoms with E-state index < -0.39 is 0 Å². The van der Waals surface area contributed by atoms with E-state index in [4.69, 9.17) is 19.4 Å². The number of para-hydroxylation sites is 1. The molecule has 0 aliphatic rings. The number of benzene rings is 7. The van der Waals surface area contributed by atoms with Gasteiger partial charge in [0, 0.05) is 38.4 Å². The molecule has 45 heavy (non-hydrogen) atoms. The average Bonchev–Trinajstić information content (AvgIpc) is 3.51. The largest absolute Gasteiger partial charge is 0.455 e. The van der Waals surface area contributed by atoms with Crippen molar-refractivity contribution in [2.75, 3.05) is 0 Å². The number of fused-ring (bicyclic) bond motifs is 6. The molecule has 2 aromatic heterocycles. The lowest BCUT2D eigenvalue weighted by atomic mass is 9.98. The molecule has 0 bridgehead atoms. The predicted octanol–water partition coefficient (Wildman–Crippen LogP) is 10.7. The molecular weight excluding hydrogens is 550 g/mol. The van der Waals surface area contributed by atoms with E-state index >= 15 is 0 Å². The van der Waals surface area contributed by atoms with E-state index in [2.05, 4.69) is 115 Å². The maximum atomic E-state index is 6.72. The minimum absolute atomic E-state index is 0.624. The zero-order valence-electron chi connectivity index (χ0n) is 24.2. The first-order valence-corrected chi connectivity index (χ1v) is 15.0. The smallest absolute Gasteiger partial charge is 0.164 e. The standard InChI is InChI=1S/C41H25N3O/c1-3-13-27(14-4-1)31-20-11-21-34-35-25-36(32-18-9-10-19-33(32)38(35)45-37(31)34)41-43-39(28-15-5-2-6-16-28)42-40(44-41)30-23-22-26-12-7-8-17-29(26)24-30/h1-25H. The van der Waals surface area contributed by atoms with Crippen molar-refractivity contribution in [1.29, 1.82) is 0 Å². The maximum Gasteiger partial charge on any atom is 0.164 e. The summed E-state index contributed by atoms with van der Waals surface area (Å²) in [6.45, 7) is 0. The third-order valence-electron chi connectivity index (χ3n) is 8.51. The third kappa shape index (κ3) is 4.27. The Morgan fingerprint density at radius 3 is 1.73 bits per heavy atom. The second kappa shape index (κ2) is 10.2. The summed E-state index contributed by atoms with van der Waals surface area (Å²) in [4.78, 5) is 15.2. The topological polar surface area (TPSA) is 51.8 Å². The van der Waals surface area contributed by atoms with Gasteiger partial charge in [-0.05, 0) is 33.9 Å². The minimum Gasteiger partial charge on any atom is -0.455 e. The Balaban J connectivity index is 1.33. The number of hydrogen-bond acceptors (Lipinski definition) is 4. The Bertz CT molecular complexity index is 2540. The highest BCUT2D eigenvalue weighted by molar-refractivity contribution is 6.20. The van der Waals surface area contributed by atoms with Gasteiger partial charge >= 0.3 is 0 Å². The van der Waals surface area contributed by atoms with Crippen LogP contribution < -0.4 is 0 Å².